The van der Waals surface area contributed by atoms with Crippen LogP contribution in [0.5, 0.6) is 0 Å². The number of benzene rings is 1. The number of halogens is 2. The molecule has 0 saturated heterocycles. The first-order valence-corrected chi connectivity index (χ1v) is 6.37. The number of nitrogens with zero attached hydrogens (tertiary/aromatic N) is 1. The lowest BCUT2D eigenvalue weighted by molar-refractivity contribution is 0.385. The summed E-state index contributed by atoms with van der Waals surface area (Å²) >= 11 is 3.42. The molecule has 0 bridgehead atoms. The molecule has 0 spiro atoms. The van der Waals surface area contributed by atoms with Gasteiger partial charge < -0.3 is 16.0 Å². The summed E-state index contributed by atoms with van der Waals surface area (Å²) in [6, 6.07) is 4.63. The van der Waals surface area contributed by atoms with E-state index in [2.05, 4.69) is 26.1 Å². The van der Waals surface area contributed by atoms with Crippen LogP contribution in [0.3, 0.4) is 0 Å². The van der Waals surface area contributed by atoms with E-state index in [9.17, 15) is 4.39 Å². The Kier molecular flexibility index (Phi) is 6.05. The van der Waals surface area contributed by atoms with Gasteiger partial charge in [0.2, 0.25) is 0 Å². The standard InChI is InChI=1S/C12H19BrFN3/c1-17(2)6-5-16-12(8-15)10-7-9(14)3-4-11(10)13/h3-4,7,12,16H,5-6,8,15H2,1-2H3. The summed E-state index contributed by atoms with van der Waals surface area (Å²) in [6.07, 6.45) is 0. The Morgan fingerprint density at radius 1 is 1.47 bits per heavy atom. The van der Waals surface area contributed by atoms with Crippen LogP contribution in [-0.4, -0.2) is 38.6 Å². The molecule has 1 aromatic carbocycles. The van der Waals surface area contributed by atoms with E-state index in [4.69, 9.17) is 5.73 Å². The minimum atomic E-state index is -0.240. The Labute approximate surface area is 110 Å². The Bertz CT molecular complexity index is 358. The number of likely N-dealkylation sites (N-methyl/N-ethyl adjacent to an activating group) is 1. The van der Waals surface area contributed by atoms with E-state index in [1.807, 2.05) is 14.1 Å². The fraction of sp³-hybridized carbons (Fsp3) is 0.500. The SMILES string of the molecule is CN(C)CCNC(CN)c1cc(F)ccc1Br. The fourth-order valence-corrected chi connectivity index (χ4v) is 2.09. The summed E-state index contributed by atoms with van der Waals surface area (Å²) < 4.78 is 14.1. The maximum atomic E-state index is 13.2. The molecule has 0 aliphatic rings. The molecule has 0 aliphatic heterocycles. The van der Waals surface area contributed by atoms with E-state index < -0.39 is 0 Å². The van der Waals surface area contributed by atoms with Crippen LogP contribution in [0.15, 0.2) is 22.7 Å². The van der Waals surface area contributed by atoms with Crippen molar-refractivity contribution in [2.75, 3.05) is 33.7 Å². The normalized spacial score (nSPS) is 13.1. The minimum Gasteiger partial charge on any atom is -0.329 e. The molecule has 1 unspecified atom stereocenters. The van der Waals surface area contributed by atoms with Crippen molar-refractivity contribution in [2.24, 2.45) is 5.73 Å². The van der Waals surface area contributed by atoms with E-state index in [0.717, 1.165) is 23.1 Å². The first-order chi connectivity index (χ1) is 8.04. The molecular weight excluding hydrogens is 285 g/mol. The smallest absolute Gasteiger partial charge is 0.123 e. The molecule has 0 radical (unpaired) electrons. The summed E-state index contributed by atoms with van der Waals surface area (Å²) in [7, 11) is 4.02. The van der Waals surface area contributed by atoms with Crippen LogP contribution in [0.4, 0.5) is 4.39 Å². The van der Waals surface area contributed by atoms with Gasteiger partial charge in [0.1, 0.15) is 5.82 Å². The molecule has 5 heteroatoms. The van der Waals surface area contributed by atoms with Crippen molar-refractivity contribution >= 4 is 15.9 Å². The number of hydrogen-bond donors (Lipinski definition) is 2. The summed E-state index contributed by atoms with van der Waals surface area (Å²) in [5.74, 6) is -0.240. The zero-order valence-corrected chi connectivity index (χ0v) is 11.8. The predicted molar refractivity (Wildman–Crippen MR) is 72.5 cm³/mol. The summed E-state index contributed by atoms with van der Waals surface area (Å²) in [4.78, 5) is 2.08. The number of nitrogens with two attached hydrogens (primary N) is 1. The Morgan fingerprint density at radius 2 is 2.18 bits per heavy atom. The number of hydrogen-bond acceptors (Lipinski definition) is 3. The monoisotopic (exact) mass is 303 g/mol. The lowest BCUT2D eigenvalue weighted by Crippen LogP contribution is -2.33. The number of nitrogens with one attached hydrogen (secondary N) is 1. The highest BCUT2D eigenvalue weighted by atomic mass is 79.9. The molecule has 3 N–H and O–H groups in total. The quantitative estimate of drug-likeness (QED) is 0.841. The van der Waals surface area contributed by atoms with Crippen LogP contribution in [0.2, 0.25) is 0 Å². The second-order valence-corrected chi connectivity index (χ2v) is 5.07. The molecule has 17 heavy (non-hydrogen) atoms. The van der Waals surface area contributed by atoms with Crippen molar-refractivity contribution in [3.8, 4) is 0 Å². The molecule has 0 fully saturated rings. The van der Waals surface area contributed by atoms with Gasteiger partial charge in [-0.15, -0.1) is 0 Å². The van der Waals surface area contributed by atoms with Crippen molar-refractivity contribution in [1.82, 2.24) is 10.2 Å². The molecule has 1 aromatic rings. The number of rotatable bonds is 6. The zero-order valence-electron chi connectivity index (χ0n) is 10.2. The van der Waals surface area contributed by atoms with Gasteiger partial charge in [0.05, 0.1) is 0 Å². The molecule has 0 heterocycles. The first-order valence-electron chi connectivity index (χ1n) is 5.57. The molecule has 0 aliphatic carbocycles. The van der Waals surface area contributed by atoms with Crippen LogP contribution >= 0.6 is 15.9 Å². The topological polar surface area (TPSA) is 41.3 Å². The van der Waals surface area contributed by atoms with E-state index in [0.29, 0.717) is 6.54 Å². The van der Waals surface area contributed by atoms with Crippen LogP contribution in [0.25, 0.3) is 0 Å². The van der Waals surface area contributed by atoms with Crippen molar-refractivity contribution in [2.45, 2.75) is 6.04 Å². The van der Waals surface area contributed by atoms with Gasteiger partial charge in [0.15, 0.2) is 0 Å². The molecule has 1 rings (SSSR count). The van der Waals surface area contributed by atoms with Gasteiger partial charge in [0, 0.05) is 30.1 Å². The minimum absolute atomic E-state index is 0.0278. The second kappa shape index (κ2) is 7.06. The van der Waals surface area contributed by atoms with Gasteiger partial charge in [-0.25, -0.2) is 4.39 Å². The van der Waals surface area contributed by atoms with Gasteiger partial charge in [-0.1, -0.05) is 15.9 Å². The van der Waals surface area contributed by atoms with Gasteiger partial charge in [-0.3, -0.25) is 0 Å². The molecular formula is C12H19BrFN3. The second-order valence-electron chi connectivity index (χ2n) is 4.21. The molecule has 0 aromatic heterocycles. The predicted octanol–water partition coefficient (Wildman–Crippen LogP) is 1.74. The lowest BCUT2D eigenvalue weighted by atomic mass is 10.1. The molecule has 0 amide bonds. The largest absolute Gasteiger partial charge is 0.329 e. The van der Waals surface area contributed by atoms with E-state index in [1.165, 1.54) is 12.1 Å². The fourth-order valence-electron chi connectivity index (χ4n) is 1.56. The van der Waals surface area contributed by atoms with Crippen molar-refractivity contribution in [3.63, 3.8) is 0 Å². The summed E-state index contributed by atoms with van der Waals surface area (Å²) in [5, 5.41) is 3.32. The zero-order chi connectivity index (χ0) is 12.8. The average Bonchev–Trinajstić information content (AvgIpc) is 2.28. The van der Waals surface area contributed by atoms with Crippen LogP contribution in [-0.2, 0) is 0 Å². The summed E-state index contributed by atoms with van der Waals surface area (Å²) in [6.45, 7) is 2.18. The van der Waals surface area contributed by atoms with Crippen LogP contribution < -0.4 is 11.1 Å². The van der Waals surface area contributed by atoms with Crippen molar-refractivity contribution in [3.05, 3.63) is 34.1 Å². The third-order valence-corrected chi connectivity index (χ3v) is 3.24. The maximum Gasteiger partial charge on any atom is 0.123 e. The molecule has 3 nitrogen and oxygen atoms in total. The molecule has 0 saturated carbocycles. The van der Waals surface area contributed by atoms with Crippen LogP contribution in [0, 0.1) is 5.82 Å². The van der Waals surface area contributed by atoms with Gasteiger partial charge in [0.25, 0.3) is 0 Å². The highest BCUT2D eigenvalue weighted by Gasteiger charge is 2.13. The Balaban J connectivity index is 2.68. The molecule has 1 atom stereocenters. The summed E-state index contributed by atoms with van der Waals surface area (Å²) in [5.41, 5.74) is 6.59. The van der Waals surface area contributed by atoms with Crippen molar-refractivity contribution in [1.29, 1.82) is 0 Å². The lowest BCUT2D eigenvalue weighted by Gasteiger charge is -2.20. The molecule has 96 valence electrons. The third-order valence-electron chi connectivity index (χ3n) is 2.52. The highest BCUT2D eigenvalue weighted by molar-refractivity contribution is 9.10. The highest BCUT2D eigenvalue weighted by Crippen LogP contribution is 2.23. The van der Waals surface area contributed by atoms with Gasteiger partial charge in [-0.2, -0.15) is 0 Å². The Morgan fingerprint density at radius 3 is 2.76 bits per heavy atom. The first kappa shape index (κ1) is 14.6. The van der Waals surface area contributed by atoms with E-state index in [1.54, 1.807) is 6.07 Å². The van der Waals surface area contributed by atoms with Crippen molar-refractivity contribution < 1.29 is 4.39 Å². The van der Waals surface area contributed by atoms with Gasteiger partial charge >= 0.3 is 0 Å². The van der Waals surface area contributed by atoms with E-state index >= 15 is 0 Å². The Hall–Kier alpha value is -0.490. The average molecular weight is 304 g/mol. The van der Waals surface area contributed by atoms with Crippen LogP contribution in [0.1, 0.15) is 11.6 Å². The third kappa shape index (κ3) is 4.71. The van der Waals surface area contributed by atoms with Gasteiger partial charge in [-0.05, 0) is 37.9 Å². The maximum absolute atomic E-state index is 13.2. The van der Waals surface area contributed by atoms with E-state index in [-0.39, 0.29) is 11.9 Å².